The van der Waals surface area contributed by atoms with Crippen LogP contribution in [0.2, 0.25) is 0 Å². The Morgan fingerprint density at radius 3 is 2.68 bits per heavy atom. The summed E-state index contributed by atoms with van der Waals surface area (Å²) in [7, 11) is -3.65. The van der Waals surface area contributed by atoms with Crippen LogP contribution in [-0.2, 0) is 16.6 Å². The van der Waals surface area contributed by atoms with E-state index in [9.17, 15) is 8.42 Å². The molecule has 19 heavy (non-hydrogen) atoms. The third-order valence-electron chi connectivity index (χ3n) is 2.23. The minimum Gasteiger partial charge on any atom is -0.391 e. The van der Waals surface area contributed by atoms with Crippen LogP contribution in [0, 0.1) is 3.57 Å². The predicted octanol–water partition coefficient (Wildman–Crippen LogP) is 3.41. The van der Waals surface area contributed by atoms with Crippen molar-refractivity contribution in [3.63, 3.8) is 0 Å². The molecule has 4 nitrogen and oxygen atoms in total. The highest BCUT2D eigenvalue weighted by molar-refractivity contribution is 14.1. The van der Waals surface area contributed by atoms with Crippen molar-refractivity contribution in [3.05, 3.63) is 42.6 Å². The second kappa shape index (κ2) is 6.08. The molecule has 0 saturated carbocycles. The quantitative estimate of drug-likeness (QED) is 0.668. The molecule has 2 aromatic rings. The summed E-state index contributed by atoms with van der Waals surface area (Å²) in [5.74, 6) is 0. The smallest absolute Gasteiger partial charge is 0.263 e. The van der Waals surface area contributed by atoms with Crippen molar-refractivity contribution >= 4 is 65.6 Å². The Morgan fingerprint density at radius 2 is 2.11 bits per heavy atom. The number of aliphatic hydroxyl groups excluding tert-OH is 1. The van der Waals surface area contributed by atoms with Gasteiger partial charge in [0.25, 0.3) is 10.0 Å². The van der Waals surface area contributed by atoms with Crippen molar-refractivity contribution in [2.75, 3.05) is 4.72 Å². The molecule has 1 heterocycles. The van der Waals surface area contributed by atoms with Crippen LogP contribution in [0.5, 0.6) is 0 Å². The summed E-state index contributed by atoms with van der Waals surface area (Å²) < 4.78 is 28.4. The second-order valence-corrected chi connectivity index (χ2v) is 8.98. The van der Waals surface area contributed by atoms with Crippen LogP contribution in [0.25, 0.3) is 0 Å². The topological polar surface area (TPSA) is 66.4 Å². The van der Waals surface area contributed by atoms with E-state index in [1.54, 1.807) is 18.2 Å². The standard InChI is InChI=1S/C11H9BrINO3S2/c12-11-10(5-9(6-15)18-11)19(16,17)14-8-3-1-2-7(13)4-8/h1-5,14-15H,6H2. The van der Waals surface area contributed by atoms with Crippen LogP contribution in [0.4, 0.5) is 5.69 Å². The molecule has 2 rings (SSSR count). The lowest BCUT2D eigenvalue weighted by Gasteiger charge is -2.07. The van der Waals surface area contributed by atoms with E-state index >= 15 is 0 Å². The molecule has 0 amide bonds. The van der Waals surface area contributed by atoms with Gasteiger partial charge in [0.2, 0.25) is 0 Å². The lowest BCUT2D eigenvalue weighted by Crippen LogP contribution is -2.12. The molecule has 0 fully saturated rings. The number of aliphatic hydroxyl groups is 1. The average molecular weight is 474 g/mol. The second-order valence-electron chi connectivity index (χ2n) is 3.62. The summed E-state index contributed by atoms with van der Waals surface area (Å²) in [6, 6.07) is 8.55. The maximum atomic E-state index is 12.2. The van der Waals surface area contributed by atoms with E-state index in [4.69, 9.17) is 5.11 Å². The van der Waals surface area contributed by atoms with Crippen molar-refractivity contribution in [2.45, 2.75) is 11.5 Å². The molecule has 1 aromatic carbocycles. The SMILES string of the molecule is O=S(=O)(Nc1cccc(I)c1)c1cc(CO)sc1Br. The number of nitrogens with one attached hydrogen (secondary N) is 1. The molecule has 0 bridgehead atoms. The molecule has 0 atom stereocenters. The minimum absolute atomic E-state index is 0.139. The van der Waals surface area contributed by atoms with Crippen LogP contribution in [0.1, 0.15) is 4.88 Å². The highest BCUT2D eigenvalue weighted by Crippen LogP contribution is 2.32. The Labute approximate surface area is 137 Å². The molecule has 0 unspecified atom stereocenters. The predicted molar refractivity (Wildman–Crippen MR) is 87.9 cm³/mol. The molecule has 1 aromatic heterocycles. The van der Waals surface area contributed by atoms with Crippen LogP contribution < -0.4 is 4.72 Å². The Hall–Kier alpha value is -0.160. The fourth-order valence-corrected chi connectivity index (χ4v) is 5.56. The first-order valence-corrected chi connectivity index (χ1v) is 9.27. The normalized spacial score (nSPS) is 11.5. The zero-order chi connectivity index (χ0) is 14.0. The van der Waals surface area contributed by atoms with Gasteiger partial charge in [-0.1, -0.05) is 6.07 Å². The molecule has 0 saturated heterocycles. The average Bonchev–Trinajstić information content (AvgIpc) is 2.71. The first-order chi connectivity index (χ1) is 8.92. The zero-order valence-corrected chi connectivity index (χ0v) is 14.8. The summed E-state index contributed by atoms with van der Waals surface area (Å²) in [4.78, 5) is 0.732. The van der Waals surface area contributed by atoms with Crippen molar-refractivity contribution < 1.29 is 13.5 Å². The van der Waals surface area contributed by atoms with E-state index < -0.39 is 10.0 Å². The molecule has 2 N–H and O–H groups in total. The number of rotatable bonds is 4. The molecule has 102 valence electrons. The largest absolute Gasteiger partial charge is 0.391 e. The number of hydrogen-bond acceptors (Lipinski definition) is 4. The van der Waals surface area contributed by atoms with E-state index in [1.165, 1.54) is 17.4 Å². The van der Waals surface area contributed by atoms with E-state index in [0.29, 0.717) is 14.4 Å². The zero-order valence-electron chi connectivity index (χ0n) is 9.43. The molecule has 0 aliphatic carbocycles. The maximum absolute atomic E-state index is 12.2. The number of thiophene rings is 1. The van der Waals surface area contributed by atoms with Gasteiger partial charge in [-0.15, -0.1) is 11.3 Å². The Bertz CT molecular complexity index is 700. The third kappa shape index (κ3) is 3.69. The molecular weight excluding hydrogens is 465 g/mol. The summed E-state index contributed by atoms with van der Waals surface area (Å²) in [6.45, 7) is -0.179. The van der Waals surface area contributed by atoms with E-state index in [1.807, 2.05) is 6.07 Å². The highest BCUT2D eigenvalue weighted by atomic mass is 127. The monoisotopic (exact) mass is 473 g/mol. The van der Waals surface area contributed by atoms with Gasteiger partial charge in [-0.25, -0.2) is 8.42 Å². The maximum Gasteiger partial charge on any atom is 0.263 e. The summed E-state index contributed by atoms with van der Waals surface area (Å²) >= 11 is 6.52. The Kier molecular flexibility index (Phi) is 4.88. The molecule has 0 aliphatic heterocycles. The molecule has 8 heteroatoms. The Balaban J connectivity index is 2.34. The fraction of sp³-hybridized carbons (Fsp3) is 0.0909. The summed E-state index contributed by atoms with van der Waals surface area (Å²) in [5.41, 5.74) is 0.510. The van der Waals surface area contributed by atoms with E-state index in [0.717, 1.165) is 3.57 Å². The van der Waals surface area contributed by atoms with Gasteiger partial charge in [-0.05, 0) is 62.8 Å². The van der Waals surface area contributed by atoms with Gasteiger partial charge in [0.05, 0.1) is 10.4 Å². The lowest BCUT2D eigenvalue weighted by atomic mass is 10.3. The van der Waals surface area contributed by atoms with Crippen LogP contribution in [0.15, 0.2) is 39.0 Å². The van der Waals surface area contributed by atoms with Gasteiger partial charge in [0.1, 0.15) is 4.90 Å². The van der Waals surface area contributed by atoms with Crippen molar-refractivity contribution in [1.82, 2.24) is 0 Å². The third-order valence-corrected chi connectivity index (χ3v) is 6.52. The molecule has 0 aliphatic rings. The lowest BCUT2D eigenvalue weighted by molar-refractivity contribution is 0.285. The van der Waals surface area contributed by atoms with Gasteiger partial charge in [-0.2, -0.15) is 0 Å². The van der Waals surface area contributed by atoms with Crippen molar-refractivity contribution in [1.29, 1.82) is 0 Å². The number of hydrogen-bond donors (Lipinski definition) is 2. The van der Waals surface area contributed by atoms with Crippen LogP contribution >= 0.6 is 49.9 Å². The first-order valence-electron chi connectivity index (χ1n) is 5.10. The van der Waals surface area contributed by atoms with E-state index in [2.05, 4.69) is 43.2 Å². The number of halogens is 2. The van der Waals surface area contributed by atoms with E-state index in [-0.39, 0.29) is 11.5 Å². The van der Waals surface area contributed by atoms with Gasteiger partial charge in [0, 0.05) is 14.1 Å². The van der Waals surface area contributed by atoms with Gasteiger partial charge in [-0.3, -0.25) is 4.72 Å². The van der Waals surface area contributed by atoms with Gasteiger partial charge in [0.15, 0.2) is 0 Å². The minimum atomic E-state index is -3.65. The first kappa shape index (κ1) is 15.2. The van der Waals surface area contributed by atoms with Crippen LogP contribution in [-0.4, -0.2) is 13.5 Å². The number of benzene rings is 1. The van der Waals surface area contributed by atoms with Crippen molar-refractivity contribution in [2.24, 2.45) is 0 Å². The Morgan fingerprint density at radius 1 is 1.37 bits per heavy atom. The summed E-state index contributed by atoms with van der Waals surface area (Å²) in [6.07, 6.45) is 0. The van der Waals surface area contributed by atoms with Gasteiger partial charge >= 0.3 is 0 Å². The van der Waals surface area contributed by atoms with Gasteiger partial charge < -0.3 is 5.11 Å². The molecule has 0 radical (unpaired) electrons. The highest BCUT2D eigenvalue weighted by Gasteiger charge is 2.20. The number of sulfonamides is 1. The molecule has 0 spiro atoms. The molecular formula is C11H9BrINO3S2. The fourth-order valence-electron chi connectivity index (χ4n) is 1.42. The summed E-state index contributed by atoms with van der Waals surface area (Å²) in [5, 5.41) is 9.04. The number of anilines is 1. The van der Waals surface area contributed by atoms with Crippen LogP contribution in [0.3, 0.4) is 0 Å². The van der Waals surface area contributed by atoms with Crippen molar-refractivity contribution in [3.8, 4) is 0 Å².